The first-order chi connectivity index (χ1) is 10.2. The van der Waals surface area contributed by atoms with Crippen molar-refractivity contribution in [2.45, 2.75) is 6.42 Å². The Labute approximate surface area is 124 Å². The van der Waals surface area contributed by atoms with Crippen LogP contribution in [0, 0.1) is 5.92 Å². The van der Waals surface area contributed by atoms with Crippen molar-refractivity contribution >= 4 is 5.91 Å². The maximum absolute atomic E-state index is 11.8. The van der Waals surface area contributed by atoms with Crippen molar-refractivity contribution in [3.63, 3.8) is 0 Å². The molecule has 0 radical (unpaired) electrons. The molecule has 1 aliphatic heterocycles. The molecular formula is C15H22N2O4. The predicted molar refractivity (Wildman–Crippen MR) is 79.2 cm³/mol. The van der Waals surface area contributed by atoms with Gasteiger partial charge in [-0.05, 0) is 12.5 Å². The highest BCUT2D eigenvalue weighted by molar-refractivity contribution is 5.80. The Morgan fingerprint density at radius 1 is 1.19 bits per heavy atom. The highest BCUT2D eigenvalue weighted by Crippen LogP contribution is 2.39. The van der Waals surface area contributed by atoms with Gasteiger partial charge in [-0.3, -0.25) is 4.79 Å². The summed E-state index contributed by atoms with van der Waals surface area (Å²) in [5.41, 5.74) is 0.974. The number of rotatable bonds is 7. The molecule has 0 unspecified atom stereocenters. The molecule has 6 heteroatoms. The standard InChI is InChI=1S/C15H22N2O4/c1-19-12-5-4-10(13(20-2)14(12)21-3)6-7-17-15(18)11-8-16-9-11/h4-5,11,16H,6-9H2,1-3H3,(H,17,18). The lowest BCUT2D eigenvalue weighted by Crippen LogP contribution is -2.51. The SMILES string of the molecule is COc1ccc(CCNC(=O)C2CNC2)c(OC)c1OC. The van der Waals surface area contributed by atoms with E-state index in [0.29, 0.717) is 30.2 Å². The summed E-state index contributed by atoms with van der Waals surface area (Å²) in [7, 11) is 4.76. The first-order valence-electron chi connectivity index (χ1n) is 6.97. The van der Waals surface area contributed by atoms with Crippen LogP contribution in [0.15, 0.2) is 12.1 Å². The van der Waals surface area contributed by atoms with Gasteiger partial charge < -0.3 is 24.8 Å². The average Bonchev–Trinajstić information content (AvgIpc) is 2.44. The van der Waals surface area contributed by atoms with Crippen LogP contribution in [0.25, 0.3) is 0 Å². The largest absolute Gasteiger partial charge is 0.493 e. The van der Waals surface area contributed by atoms with Gasteiger partial charge >= 0.3 is 0 Å². The third-order valence-corrected chi connectivity index (χ3v) is 3.63. The minimum absolute atomic E-state index is 0.105. The predicted octanol–water partition coefficient (Wildman–Crippen LogP) is 0.591. The summed E-state index contributed by atoms with van der Waals surface area (Å²) in [5, 5.41) is 6.03. The van der Waals surface area contributed by atoms with Crippen LogP contribution in [0.1, 0.15) is 5.56 Å². The number of ether oxygens (including phenoxy) is 3. The highest BCUT2D eigenvalue weighted by Gasteiger charge is 2.24. The molecule has 2 rings (SSSR count). The fourth-order valence-electron chi connectivity index (χ4n) is 2.30. The molecule has 1 aromatic rings. The minimum atomic E-state index is 0.105. The number of nitrogens with one attached hydrogen (secondary N) is 2. The fourth-order valence-corrected chi connectivity index (χ4v) is 2.30. The van der Waals surface area contributed by atoms with Crippen LogP contribution in [0.5, 0.6) is 17.2 Å². The van der Waals surface area contributed by atoms with E-state index in [1.54, 1.807) is 21.3 Å². The number of hydrogen-bond acceptors (Lipinski definition) is 5. The molecule has 1 amide bonds. The van der Waals surface area contributed by atoms with Gasteiger partial charge in [-0.1, -0.05) is 6.07 Å². The zero-order valence-electron chi connectivity index (χ0n) is 12.7. The van der Waals surface area contributed by atoms with Crippen LogP contribution in [0.4, 0.5) is 0 Å². The zero-order valence-corrected chi connectivity index (χ0v) is 12.7. The highest BCUT2D eigenvalue weighted by atomic mass is 16.5. The van der Waals surface area contributed by atoms with E-state index < -0.39 is 0 Å². The summed E-state index contributed by atoms with van der Waals surface area (Å²) in [6, 6.07) is 3.77. The molecule has 21 heavy (non-hydrogen) atoms. The molecule has 1 fully saturated rings. The molecule has 0 spiro atoms. The van der Waals surface area contributed by atoms with Crippen molar-refractivity contribution in [2.75, 3.05) is 41.0 Å². The Bertz CT molecular complexity index is 501. The van der Waals surface area contributed by atoms with Crippen LogP contribution >= 0.6 is 0 Å². The van der Waals surface area contributed by atoms with Crippen molar-refractivity contribution in [2.24, 2.45) is 5.92 Å². The van der Waals surface area contributed by atoms with E-state index in [-0.39, 0.29) is 11.8 Å². The average molecular weight is 294 g/mol. The second kappa shape index (κ2) is 7.17. The first kappa shape index (κ1) is 15.4. The molecule has 116 valence electrons. The summed E-state index contributed by atoms with van der Waals surface area (Å²) in [4.78, 5) is 11.8. The van der Waals surface area contributed by atoms with Gasteiger partial charge in [0.15, 0.2) is 11.5 Å². The molecule has 1 heterocycles. The van der Waals surface area contributed by atoms with Gasteiger partial charge in [0.05, 0.1) is 27.2 Å². The van der Waals surface area contributed by atoms with Gasteiger partial charge in [0.1, 0.15) is 0 Å². The van der Waals surface area contributed by atoms with Crippen LogP contribution in [0.2, 0.25) is 0 Å². The van der Waals surface area contributed by atoms with Crippen LogP contribution < -0.4 is 24.8 Å². The van der Waals surface area contributed by atoms with Gasteiger partial charge in [0.25, 0.3) is 0 Å². The van der Waals surface area contributed by atoms with E-state index in [1.807, 2.05) is 12.1 Å². The molecule has 1 saturated heterocycles. The van der Waals surface area contributed by atoms with Crippen LogP contribution in [-0.4, -0.2) is 46.9 Å². The summed E-state index contributed by atoms with van der Waals surface area (Å²) in [6.45, 7) is 2.11. The molecule has 0 bridgehead atoms. The second-order valence-electron chi connectivity index (χ2n) is 4.89. The second-order valence-corrected chi connectivity index (χ2v) is 4.89. The van der Waals surface area contributed by atoms with Crippen molar-refractivity contribution in [1.29, 1.82) is 0 Å². The lowest BCUT2D eigenvalue weighted by Gasteiger charge is -2.25. The fraction of sp³-hybridized carbons (Fsp3) is 0.533. The van der Waals surface area contributed by atoms with Crippen molar-refractivity contribution in [3.8, 4) is 17.2 Å². The van der Waals surface area contributed by atoms with E-state index in [0.717, 1.165) is 18.7 Å². The molecule has 0 aromatic heterocycles. The van der Waals surface area contributed by atoms with Crippen molar-refractivity contribution in [3.05, 3.63) is 17.7 Å². The first-order valence-corrected chi connectivity index (χ1v) is 6.97. The van der Waals surface area contributed by atoms with E-state index in [2.05, 4.69) is 10.6 Å². The third kappa shape index (κ3) is 3.39. The third-order valence-electron chi connectivity index (χ3n) is 3.63. The van der Waals surface area contributed by atoms with Gasteiger partial charge in [-0.25, -0.2) is 0 Å². The van der Waals surface area contributed by atoms with E-state index in [4.69, 9.17) is 14.2 Å². The van der Waals surface area contributed by atoms with Gasteiger partial charge in [0.2, 0.25) is 11.7 Å². The van der Waals surface area contributed by atoms with Gasteiger partial charge in [0, 0.05) is 25.2 Å². The Hall–Kier alpha value is -1.95. The quantitative estimate of drug-likeness (QED) is 0.770. The molecule has 6 nitrogen and oxygen atoms in total. The van der Waals surface area contributed by atoms with E-state index >= 15 is 0 Å². The molecule has 1 aromatic carbocycles. The lowest BCUT2D eigenvalue weighted by molar-refractivity contribution is -0.126. The number of hydrogen-bond donors (Lipinski definition) is 2. The summed E-state index contributed by atoms with van der Waals surface area (Å²) >= 11 is 0. The molecular weight excluding hydrogens is 272 g/mol. The summed E-state index contributed by atoms with van der Waals surface area (Å²) in [6.07, 6.45) is 0.676. The molecule has 0 aliphatic carbocycles. The Kier molecular flexibility index (Phi) is 5.27. The topological polar surface area (TPSA) is 68.8 Å². The maximum atomic E-state index is 11.8. The Morgan fingerprint density at radius 2 is 1.90 bits per heavy atom. The zero-order chi connectivity index (χ0) is 15.2. The monoisotopic (exact) mass is 294 g/mol. The summed E-state index contributed by atoms with van der Waals surface area (Å²) in [5.74, 6) is 2.07. The van der Waals surface area contributed by atoms with Crippen LogP contribution in [0.3, 0.4) is 0 Å². The van der Waals surface area contributed by atoms with Gasteiger partial charge in [-0.2, -0.15) is 0 Å². The van der Waals surface area contributed by atoms with Crippen molar-refractivity contribution < 1.29 is 19.0 Å². The number of methoxy groups -OCH3 is 3. The molecule has 0 atom stereocenters. The number of carbonyl (C=O) groups is 1. The number of amides is 1. The van der Waals surface area contributed by atoms with Gasteiger partial charge in [-0.15, -0.1) is 0 Å². The lowest BCUT2D eigenvalue weighted by atomic mass is 10.0. The van der Waals surface area contributed by atoms with Crippen LogP contribution in [-0.2, 0) is 11.2 Å². The molecule has 0 saturated carbocycles. The van der Waals surface area contributed by atoms with Crippen molar-refractivity contribution in [1.82, 2.24) is 10.6 Å². The number of carbonyl (C=O) groups excluding carboxylic acids is 1. The Balaban J connectivity index is 2.00. The smallest absolute Gasteiger partial charge is 0.225 e. The molecule has 1 aliphatic rings. The minimum Gasteiger partial charge on any atom is -0.493 e. The Morgan fingerprint density at radius 3 is 2.43 bits per heavy atom. The summed E-state index contributed by atoms with van der Waals surface area (Å²) < 4.78 is 16.0. The molecule has 2 N–H and O–H groups in total. The van der Waals surface area contributed by atoms with E-state index in [1.165, 1.54) is 0 Å². The van der Waals surface area contributed by atoms with E-state index in [9.17, 15) is 4.79 Å². The normalized spacial score (nSPS) is 14.2. The number of benzene rings is 1. The maximum Gasteiger partial charge on any atom is 0.225 e.